The average Bonchev–Trinajstić information content (AvgIpc) is 3.05. The van der Waals surface area contributed by atoms with Crippen LogP contribution in [0.4, 0.5) is 0 Å². The zero-order chi connectivity index (χ0) is 15.5. The van der Waals surface area contributed by atoms with Gasteiger partial charge in [-0.3, -0.25) is 0 Å². The number of hydrogen-bond acceptors (Lipinski definition) is 4. The number of benzene rings is 1. The van der Waals surface area contributed by atoms with Crippen LogP contribution in [0.1, 0.15) is 32.4 Å². The summed E-state index contributed by atoms with van der Waals surface area (Å²) in [5.41, 5.74) is 1.21. The first-order valence-corrected chi connectivity index (χ1v) is 7.64. The number of nitrogens with one attached hydrogen (secondary N) is 1. The van der Waals surface area contributed by atoms with E-state index in [1.165, 1.54) is 10.9 Å². The predicted molar refractivity (Wildman–Crippen MR) is 87.9 cm³/mol. The van der Waals surface area contributed by atoms with E-state index in [9.17, 15) is 0 Å². The summed E-state index contributed by atoms with van der Waals surface area (Å²) < 4.78 is 1.71. The highest BCUT2D eigenvalue weighted by Gasteiger charge is 2.14. The van der Waals surface area contributed by atoms with E-state index in [-0.39, 0.29) is 6.04 Å². The Labute approximate surface area is 130 Å². The molecule has 0 amide bonds. The summed E-state index contributed by atoms with van der Waals surface area (Å²) in [5.74, 6) is 1.43. The molecule has 1 atom stereocenters. The quantitative estimate of drug-likeness (QED) is 0.785. The van der Waals surface area contributed by atoms with Gasteiger partial charge in [-0.2, -0.15) is 0 Å². The number of nitrogens with zero attached hydrogens (tertiary/aromatic N) is 4. The van der Waals surface area contributed by atoms with Crippen LogP contribution in [-0.4, -0.2) is 26.5 Å². The Hall–Kier alpha value is -2.27. The van der Waals surface area contributed by atoms with Crippen LogP contribution in [0.2, 0.25) is 0 Å². The zero-order valence-electron chi connectivity index (χ0n) is 13.2. The molecule has 1 aromatic carbocycles. The Morgan fingerprint density at radius 1 is 1.14 bits per heavy atom. The maximum Gasteiger partial charge on any atom is 0.162 e. The second-order valence-electron chi connectivity index (χ2n) is 5.95. The molecule has 0 radical (unpaired) electrons. The van der Waals surface area contributed by atoms with Gasteiger partial charge < -0.3 is 5.32 Å². The molecule has 5 heteroatoms. The van der Waals surface area contributed by atoms with Gasteiger partial charge in [-0.1, -0.05) is 43.3 Å². The minimum atomic E-state index is 0.254. The molecule has 0 aliphatic rings. The smallest absolute Gasteiger partial charge is 0.162 e. The Morgan fingerprint density at radius 3 is 2.59 bits per heavy atom. The van der Waals surface area contributed by atoms with Gasteiger partial charge in [0.15, 0.2) is 5.82 Å². The minimum absolute atomic E-state index is 0.254. The summed E-state index contributed by atoms with van der Waals surface area (Å²) in [4.78, 5) is 4.62. The maximum absolute atomic E-state index is 4.62. The van der Waals surface area contributed by atoms with Gasteiger partial charge in [-0.05, 0) is 30.3 Å². The van der Waals surface area contributed by atoms with Crippen molar-refractivity contribution in [3.8, 4) is 5.82 Å². The van der Waals surface area contributed by atoms with E-state index in [1.807, 2.05) is 18.5 Å². The standard InChI is InChI=1S/C17H21N5/c1-12(2)10-18-13(3)16-11-19-17(22-9-8-20-21-22)15-7-5-4-6-14(15)16/h4-9,11-13,18H,10H2,1-3H3. The molecule has 0 spiro atoms. The SMILES string of the molecule is CC(C)CNC(C)c1cnc(-n2ccnn2)c2ccccc12. The van der Waals surface area contributed by atoms with E-state index in [2.05, 4.69) is 59.6 Å². The first kappa shape index (κ1) is 14.7. The van der Waals surface area contributed by atoms with Crippen molar-refractivity contribution in [1.82, 2.24) is 25.3 Å². The van der Waals surface area contributed by atoms with Crippen molar-refractivity contribution < 1.29 is 0 Å². The molecule has 22 heavy (non-hydrogen) atoms. The lowest BCUT2D eigenvalue weighted by Crippen LogP contribution is -2.23. The van der Waals surface area contributed by atoms with E-state index in [1.54, 1.807) is 10.9 Å². The number of pyridine rings is 1. The summed E-state index contributed by atoms with van der Waals surface area (Å²) in [6.45, 7) is 7.59. The van der Waals surface area contributed by atoms with Crippen molar-refractivity contribution in [2.75, 3.05) is 6.54 Å². The Bertz CT molecular complexity index is 749. The predicted octanol–water partition coefficient (Wildman–Crippen LogP) is 3.12. The van der Waals surface area contributed by atoms with E-state index < -0.39 is 0 Å². The third kappa shape index (κ3) is 2.85. The molecule has 0 aliphatic heterocycles. The number of fused-ring (bicyclic) bond motifs is 1. The topological polar surface area (TPSA) is 55.6 Å². The summed E-state index contributed by atoms with van der Waals surface area (Å²) in [7, 11) is 0. The molecule has 0 aliphatic carbocycles. The van der Waals surface area contributed by atoms with Gasteiger partial charge in [0.25, 0.3) is 0 Å². The van der Waals surface area contributed by atoms with Crippen LogP contribution in [0.25, 0.3) is 16.6 Å². The zero-order valence-corrected chi connectivity index (χ0v) is 13.2. The van der Waals surface area contributed by atoms with Crippen LogP contribution in [0.15, 0.2) is 42.9 Å². The Morgan fingerprint density at radius 2 is 1.91 bits per heavy atom. The molecule has 2 heterocycles. The third-order valence-corrected chi connectivity index (χ3v) is 3.74. The first-order valence-electron chi connectivity index (χ1n) is 7.64. The molecule has 2 aromatic heterocycles. The number of rotatable bonds is 5. The second-order valence-corrected chi connectivity index (χ2v) is 5.95. The molecule has 0 saturated carbocycles. The van der Waals surface area contributed by atoms with E-state index in [4.69, 9.17) is 0 Å². The lowest BCUT2D eigenvalue weighted by atomic mass is 10.0. The largest absolute Gasteiger partial charge is 0.310 e. The molecule has 0 saturated heterocycles. The summed E-state index contributed by atoms with van der Waals surface area (Å²) in [5, 5.41) is 13.8. The monoisotopic (exact) mass is 295 g/mol. The van der Waals surface area contributed by atoms with Crippen LogP contribution in [0.3, 0.4) is 0 Å². The van der Waals surface area contributed by atoms with Crippen LogP contribution in [-0.2, 0) is 0 Å². The highest BCUT2D eigenvalue weighted by Crippen LogP contribution is 2.27. The fourth-order valence-electron chi connectivity index (χ4n) is 2.57. The molecule has 3 rings (SSSR count). The molecule has 0 bridgehead atoms. The van der Waals surface area contributed by atoms with Crippen LogP contribution in [0, 0.1) is 5.92 Å². The second kappa shape index (κ2) is 6.23. The molecular formula is C17H21N5. The molecule has 1 N–H and O–H groups in total. The van der Waals surface area contributed by atoms with Crippen molar-refractivity contribution >= 4 is 10.8 Å². The van der Waals surface area contributed by atoms with Gasteiger partial charge in [0.1, 0.15) is 0 Å². The summed E-state index contributed by atoms with van der Waals surface area (Å²) in [6, 6.07) is 8.56. The van der Waals surface area contributed by atoms with Crippen LogP contribution >= 0.6 is 0 Å². The van der Waals surface area contributed by atoms with Crippen molar-refractivity contribution in [3.05, 3.63) is 48.4 Å². The molecule has 1 unspecified atom stereocenters. The van der Waals surface area contributed by atoms with Crippen LogP contribution in [0.5, 0.6) is 0 Å². The molecule has 5 nitrogen and oxygen atoms in total. The van der Waals surface area contributed by atoms with Crippen molar-refractivity contribution in [2.24, 2.45) is 5.92 Å². The average molecular weight is 295 g/mol. The van der Waals surface area contributed by atoms with E-state index in [0.717, 1.165) is 17.7 Å². The first-order chi connectivity index (χ1) is 10.7. The van der Waals surface area contributed by atoms with Crippen molar-refractivity contribution in [1.29, 1.82) is 0 Å². The van der Waals surface area contributed by atoms with Gasteiger partial charge in [0, 0.05) is 17.6 Å². The van der Waals surface area contributed by atoms with Gasteiger partial charge in [0.2, 0.25) is 0 Å². The molecule has 0 fully saturated rings. The molecule has 114 valence electrons. The van der Waals surface area contributed by atoms with E-state index >= 15 is 0 Å². The maximum atomic E-state index is 4.62. The van der Waals surface area contributed by atoms with E-state index in [0.29, 0.717) is 5.92 Å². The molecule has 3 aromatic rings. The normalized spacial score (nSPS) is 12.9. The number of aromatic nitrogens is 4. The fraction of sp³-hybridized carbons (Fsp3) is 0.353. The third-order valence-electron chi connectivity index (χ3n) is 3.74. The number of hydrogen-bond donors (Lipinski definition) is 1. The van der Waals surface area contributed by atoms with Gasteiger partial charge in [0.05, 0.1) is 12.4 Å². The summed E-state index contributed by atoms with van der Waals surface area (Å²) >= 11 is 0. The lowest BCUT2D eigenvalue weighted by molar-refractivity contribution is 0.497. The summed E-state index contributed by atoms with van der Waals surface area (Å²) in [6.07, 6.45) is 5.42. The van der Waals surface area contributed by atoms with Gasteiger partial charge in [-0.25, -0.2) is 9.67 Å². The Balaban J connectivity index is 2.05. The van der Waals surface area contributed by atoms with Crippen molar-refractivity contribution in [3.63, 3.8) is 0 Å². The van der Waals surface area contributed by atoms with Gasteiger partial charge >= 0.3 is 0 Å². The highest BCUT2D eigenvalue weighted by atomic mass is 15.4. The highest BCUT2D eigenvalue weighted by molar-refractivity contribution is 5.91. The molecular weight excluding hydrogens is 274 g/mol. The van der Waals surface area contributed by atoms with Crippen LogP contribution < -0.4 is 5.32 Å². The minimum Gasteiger partial charge on any atom is -0.310 e. The Kier molecular flexibility index (Phi) is 4.15. The van der Waals surface area contributed by atoms with Crippen molar-refractivity contribution in [2.45, 2.75) is 26.8 Å². The fourth-order valence-corrected chi connectivity index (χ4v) is 2.57. The lowest BCUT2D eigenvalue weighted by Gasteiger charge is -2.18. The van der Waals surface area contributed by atoms with Gasteiger partial charge in [-0.15, -0.1) is 5.10 Å².